The van der Waals surface area contributed by atoms with Gasteiger partial charge in [-0.05, 0) is 61.2 Å². The molecule has 0 heterocycles. The molecule has 16 heavy (non-hydrogen) atoms. The molecule has 5 atom stereocenters. The summed E-state index contributed by atoms with van der Waals surface area (Å²) in [6, 6.07) is 0. The van der Waals surface area contributed by atoms with Crippen molar-refractivity contribution in [3.05, 3.63) is 0 Å². The molecule has 2 saturated carbocycles. The SMILES string of the molecule is CC(C)[C@@H]1CC[C@@]2(C)[C@H](O)CC[C@H](C)[C@@H]2C1. The summed E-state index contributed by atoms with van der Waals surface area (Å²) in [5.41, 5.74) is 0.225. The molecule has 0 spiro atoms. The van der Waals surface area contributed by atoms with Gasteiger partial charge in [-0.2, -0.15) is 0 Å². The Kier molecular flexibility index (Phi) is 3.36. The maximum atomic E-state index is 10.3. The molecule has 0 unspecified atom stereocenters. The van der Waals surface area contributed by atoms with Crippen molar-refractivity contribution in [1.29, 1.82) is 0 Å². The molecule has 94 valence electrons. The lowest BCUT2D eigenvalue weighted by Gasteiger charge is -2.53. The summed E-state index contributed by atoms with van der Waals surface area (Å²) in [6.07, 6.45) is 6.14. The van der Waals surface area contributed by atoms with Crippen LogP contribution in [-0.4, -0.2) is 11.2 Å². The zero-order valence-electron chi connectivity index (χ0n) is 11.4. The van der Waals surface area contributed by atoms with Gasteiger partial charge in [-0.1, -0.05) is 27.7 Å². The Morgan fingerprint density at radius 3 is 2.50 bits per heavy atom. The van der Waals surface area contributed by atoms with Crippen molar-refractivity contribution in [2.24, 2.45) is 29.1 Å². The molecule has 0 aromatic carbocycles. The Balaban J connectivity index is 2.15. The summed E-state index contributed by atoms with van der Waals surface area (Å²) in [6.45, 7) is 9.46. The third-order valence-electron chi connectivity index (χ3n) is 5.74. The summed E-state index contributed by atoms with van der Waals surface area (Å²) in [5, 5.41) is 10.3. The average Bonchev–Trinajstić information content (AvgIpc) is 2.24. The molecule has 2 rings (SSSR count). The third-order valence-corrected chi connectivity index (χ3v) is 5.74. The maximum Gasteiger partial charge on any atom is 0.0596 e. The van der Waals surface area contributed by atoms with Crippen LogP contribution in [-0.2, 0) is 0 Å². The van der Waals surface area contributed by atoms with Gasteiger partial charge in [0.1, 0.15) is 0 Å². The molecule has 0 aliphatic heterocycles. The van der Waals surface area contributed by atoms with E-state index in [1.54, 1.807) is 0 Å². The van der Waals surface area contributed by atoms with Crippen LogP contribution in [0.3, 0.4) is 0 Å². The fraction of sp³-hybridized carbons (Fsp3) is 1.00. The Morgan fingerprint density at radius 2 is 1.88 bits per heavy atom. The van der Waals surface area contributed by atoms with Crippen LogP contribution in [0.4, 0.5) is 0 Å². The first-order chi connectivity index (χ1) is 7.45. The molecule has 0 aromatic heterocycles. The molecule has 0 saturated heterocycles. The molecule has 1 nitrogen and oxygen atoms in total. The number of rotatable bonds is 1. The minimum absolute atomic E-state index is 0.0400. The van der Waals surface area contributed by atoms with E-state index < -0.39 is 0 Å². The molecule has 2 aliphatic rings. The topological polar surface area (TPSA) is 20.2 Å². The van der Waals surface area contributed by atoms with Gasteiger partial charge in [-0.15, -0.1) is 0 Å². The second-order valence-corrected chi connectivity index (χ2v) is 6.96. The van der Waals surface area contributed by atoms with Crippen molar-refractivity contribution in [3.63, 3.8) is 0 Å². The van der Waals surface area contributed by atoms with E-state index >= 15 is 0 Å². The van der Waals surface area contributed by atoms with Gasteiger partial charge in [0.05, 0.1) is 6.10 Å². The highest BCUT2D eigenvalue weighted by Gasteiger charge is 2.49. The summed E-state index contributed by atoms with van der Waals surface area (Å²) in [5.74, 6) is 3.29. The van der Waals surface area contributed by atoms with E-state index in [9.17, 15) is 5.11 Å². The van der Waals surface area contributed by atoms with Crippen molar-refractivity contribution in [3.8, 4) is 0 Å². The normalized spacial score (nSPS) is 49.1. The Labute approximate surface area is 101 Å². The van der Waals surface area contributed by atoms with Gasteiger partial charge in [0.2, 0.25) is 0 Å². The van der Waals surface area contributed by atoms with Crippen LogP contribution in [0.1, 0.15) is 59.8 Å². The average molecular weight is 224 g/mol. The molecular weight excluding hydrogens is 196 g/mol. The molecule has 1 heteroatoms. The second-order valence-electron chi connectivity index (χ2n) is 6.96. The molecule has 1 N–H and O–H groups in total. The standard InChI is InChI=1S/C15H28O/c1-10(2)12-7-8-15(4)13(9-12)11(3)5-6-14(15)16/h10-14,16H,5-9H2,1-4H3/t11-,12+,13-,14+,15+/m0/s1. The van der Waals surface area contributed by atoms with Crippen LogP contribution >= 0.6 is 0 Å². The highest BCUT2D eigenvalue weighted by molar-refractivity contribution is 4.99. The van der Waals surface area contributed by atoms with Gasteiger partial charge in [0.15, 0.2) is 0 Å². The lowest BCUT2D eigenvalue weighted by molar-refractivity contribution is -0.103. The van der Waals surface area contributed by atoms with Crippen LogP contribution in [0.2, 0.25) is 0 Å². The van der Waals surface area contributed by atoms with E-state index in [-0.39, 0.29) is 11.5 Å². The van der Waals surface area contributed by atoms with Gasteiger partial charge >= 0.3 is 0 Å². The largest absolute Gasteiger partial charge is 0.393 e. The summed E-state index contributed by atoms with van der Waals surface area (Å²) >= 11 is 0. The minimum atomic E-state index is -0.0400. The van der Waals surface area contributed by atoms with E-state index in [0.29, 0.717) is 0 Å². The fourth-order valence-corrected chi connectivity index (χ4v) is 4.25. The third kappa shape index (κ3) is 1.92. The number of fused-ring (bicyclic) bond motifs is 1. The predicted molar refractivity (Wildman–Crippen MR) is 68.2 cm³/mol. The number of hydrogen-bond acceptors (Lipinski definition) is 1. The van der Waals surface area contributed by atoms with Crippen LogP contribution in [0.5, 0.6) is 0 Å². The minimum Gasteiger partial charge on any atom is -0.393 e. The predicted octanol–water partition coefficient (Wildman–Crippen LogP) is 3.86. The summed E-state index contributed by atoms with van der Waals surface area (Å²) in [7, 11) is 0. The highest BCUT2D eigenvalue weighted by atomic mass is 16.3. The molecule has 0 amide bonds. The smallest absolute Gasteiger partial charge is 0.0596 e. The number of hydrogen-bond donors (Lipinski definition) is 1. The van der Waals surface area contributed by atoms with E-state index in [0.717, 1.165) is 30.1 Å². The van der Waals surface area contributed by atoms with Crippen LogP contribution in [0.15, 0.2) is 0 Å². The van der Waals surface area contributed by atoms with Crippen LogP contribution in [0, 0.1) is 29.1 Å². The summed E-state index contributed by atoms with van der Waals surface area (Å²) < 4.78 is 0. The highest BCUT2D eigenvalue weighted by Crippen LogP contribution is 2.54. The lowest BCUT2D eigenvalue weighted by Crippen LogP contribution is -2.49. The molecule has 2 aliphatic carbocycles. The number of aliphatic hydroxyl groups is 1. The van der Waals surface area contributed by atoms with Crippen molar-refractivity contribution >= 4 is 0 Å². The van der Waals surface area contributed by atoms with Gasteiger partial charge in [0, 0.05) is 0 Å². The lowest BCUT2D eigenvalue weighted by atomic mass is 9.53. The first-order valence-electron chi connectivity index (χ1n) is 7.13. The molecule has 2 fully saturated rings. The number of aliphatic hydroxyl groups excluding tert-OH is 1. The van der Waals surface area contributed by atoms with Crippen molar-refractivity contribution in [2.75, 3.05) is 0 Å². The van der Waals surface area contributed by atoms with Gasteiger partial charge < -0.3 is 5.11 Å². The van der Waals surface area contributed by atoms with Crippen LogP contribution < -0.4 is 0 Å². The van der Waals surface area contributed by atoms with Gasteiger partial charge in [0.25, 0.3) is 0 Å². The fourth-order valence-electron chi connectivity index (χ4n) is 4.25. The van der Waals surface area contributed by atoms with Crippen molar-refractivity contribution in [1.82, 2.24) is 0 Å². The first kappa shape index (κ1) is 12.4. The van der Waals surface area contributed by atoms with Crippen molar-refractivity contribution in [2.45, 2.75) is 65.9 Å². The van der Waals surface area contributed by atoms with E-state index in [1.807, 2.05) is 0 Å². The zero-order chi connectivity index (χ0) is 11.9. The Bertz CT molecular complexity index is 248. The molecule has 0 aromatic rings. The van der Waals surface area contributed by atoms with Gasteiger partial charge in [-0.25, -0.2) is 0 Å². The van der Waals surface area contributed by atoms with Gasteiger partial charge in [-0.3, -0.25) is 0 Å². The second kappa shape index (κ2) is 4.33. The zero-order valence-corrected chi connectivity index (χ0v) is 11.4. The molecular formula is C15H28O. The van der Waals surface area contributed by atoms with E-state index in [2.05, 4.69) is 27.7 Å². The molecule has 0 bridgehead atoms. The van der Waals surface area contributed by atoms with E-state index in [4.69, 9.17) is 0 Å². The van der Waals surface area contributed by atoms with Crippen LogP contribution in [0.25, 0.3) is 0 Å². The quantitative estimate of drug-likeness (QED) is 0.717. The monoisotopic (exact) mass is 224 g/mol. The maximum absolute atomic E-state index is 10.3. The first-order valence-corrected chi connectivity index (χ1v) is 7.13. The molecule has 0 radical (unpaired) electrons. The Morgan fingerprint density at radius 1 is 1.19 bits per heavy atom. The van der Waals surface area contributed by atoms with Crippen molar-refractivity contribution < 1.29 is 5.11 Å². The summed E-state index contributed by atoms with van der Waals surface area (Å²) in [4.78, 5) is 0. The van der Waals surface area contributed by atoms with E-state index in [1.165, 1.54) is 25.7 Å². The Hall–Kier alpha value is -0.0400.